The van der Waals surface area contributed by atoms with Crippen LogP contribution in [0, 0.1) is 12.8 Å². The summed E-state index contributed by atoms with van der Waals surface area (Å²) >= 11 is 0. The summed E-state index contributed by atoms with van der Waals surface area (Å²) in [4.78, 5) is 19.2. The third-order valence-corrected chi connectivity index (χ3v) is 5.28. The van der Waals surface area contributed by atoms with Gasteiger partial charge in [-0.15, -0.1) is 0 Å². The number of rotatable bonds is 7. The quantitative estimate of drug-likeness (QED) is 0.807. The van der Waals surface area contributed by atoms with Crippen molar-refractivity contribution in [2.24, 2.45) is 5.92 Å². The number of aryl methyl sites for hydroxylation is 1. The zero-order valence-corrected chi connectivity index (χ0v) is 16.6. The minimum absolute atomic E-state index is 0.116. The van der Waals surface area contributed by atoms with E-state index in [1.807, 2.05) is 31.2 Å². The lowest BCUT2D eigenvalue weighted by Crippen LogP contribution is -2.42. The van der Waals surface area contributed by atoms with E-state index in [1.165, 1.54) is 0 Å². The monoisotopic (exact) mass is 370 g/mol. The normalized spacial score (nSPS) is 17.0. The molecule has 1 unspecified atom stereocenters. The average Bonchev–Trinajstić information content (AvgIpc) is 3.11. The summed E-state index contributed by atoms with van der Waals surface area (Å²) in [5, 5.41) is 7.27. The molecule has 1 amide bonds. The van der Waals surface area contributed by atoms with Gasteiger partial charge in [-0.2, -0.15) is 4.98 Å². The third kappa shape index (κ3) is 5.16. The summed E-state index contributed by atoms with van der Waals surface area (Å²) in [5.41, 5.74) is 2.14. The van der Waals surface area contributed by atoms with E-state index in [0.29, 0.717) is 18.3 Å². The second-order valence-corrected chi connectivity index (χ2v) is 7.58. The van der Waals surface area contributed by atoms with Gasteiger partial charge in [-0.1, -0.05) is 42.8 Å². The molecule has 146 valence electrons. The molecule has 1 saturated heterocycles. The second kappa shape index (κ2) is 9.13. The van der Waals surface area contributed by atoms with E-state index < -0.39 is 0 Å². The Morgan fingerprint density at radius 1 is 1.33 bits per heavy atom. The number of aromatic nitrogens is 2. The van der Waals surface area contributed by atoms with Crippen LogP contribution in [0.5, 0.6) is 0 Å². The Kier molecular flexibility index (Phi) is 6.61. The van der Waals surface area contributed by atoms with E-state index in [-0.39, 0.29) is 17.9 Å². The highest BCUT2D eigenvalue weighted by Gasteiger charge is 2.26. The van der Waals surface area contributed by atoms with Crippen molar-refractivity contribution in [3.8, 4) is 11.4 Å². The molecule has 0 spiro atoms. The van der Waals surface area contributed by atoms with E-state index in [0.717, 1.165) is 49.9 Å². The Morgan fingerprint density at radius 2 is 2.07 bits per heavy atom. The molecule has 2 heterocycles. The fourth-order valence-corrected chi connectivity index (χ4v) is 3.66. The molecule has 1 aliphatic rings. The third-order valence-electron chi connectivity index (χ3n) is 5.28. The van der Waals surface area contributed by atoms with Crippen molar-refractivity contribution in [3.05, 3.63) is 35.7 Å². The molecule has 1 atom stereocenters. The van der Waals surface area contributed by atoms with Crippen LogP contribution in [0.3, 0.4) is 0 Å². The number of nitrogens with one attached hydrogen (secondary N) is 1. The number of carbonyl (C=O) groups is 1. The average molecular weight is 370 g/mol. The fraction of sp³-hybridized carbons (Fsp3) is 0.571. The summed E-state index contributed by atoms with van der Waals surface area (Å²) in [6.45, 7) is 8.66. The van der Waals surface area contributed by atoms with Gasteiger partial charge in [0.2, 0.25) is 17.6 Å². The van der Waals surface area contributed by atoms with Gasteiger partial charge in [0.15, 0.2) is 0 Å². The van der Waals surface area contributed by atoms with E-state index >= 15 is 0 Å². The Bertz CT molecular complexity index is 750. The highest BCUT2D eigenvalue weighted by molar-refractivity contribution is 5.79. The molecule has 1 aliphatic heterocycles. The summed E-state index contributed by atoms with van der Waals surface area (Å²) < 4.78 is 5.45. The van der Waals surface area contributed by atoms with Crippen molar-refractivity contribution >= 4 is 5.91 Å². The van der Waals surface area contributed by atoms with Crippen LogP contribution in [0.25, 0.3) is 11.4 Å². The summed E-state index contributed by atoms with van der Waals surface area (Å²) in [7, 11) is 0. The molecular formula is C21H30N4O2. The van der Waals surface area contributed by atoms with Crippen molar-refractivity contribution in [2.45, 2.75) is 59.0 Å². The Hall–Kier alpha value is -2.21. The SMILES string of the molecule is CCCC(C)NC(=O)C1CCN(Cc2nc(-c3ccccc3C)no2)CC1. The maximum atomic E-state index is 12.4. The van der Waals surface area contributed by atoms with Crippen molar-refractivity contribution in [1.29, 1.82) is 0 Å². The lowest BCUT2D eigenvalue weighted by Gasteiger charge is -2.30. The molecule has 0 radical (unpaired) electrons. The molecule has 0 aliphatic carbocycles. The largest absolute Gasteiger partial charge is 0.353 e. The zero-order valence-electron chi connectivity index (χ0n) is 16.6. The number of likely N-dealkylation sites (tertiary alicyclic amines) is 1. The second-order valence-electron chi connectivity index (χ2n) is 7.58. The van der Waals surface area contributed by atoms with Gasteiger partial charge in [0.1, 0.15) is 0 Å². The number of hydrogen-bond donors (Lipinski definition) is 1. The van der Waals surface area contributed by atoms with E-state index in [9.17, 15) is 4.79 Å². The Morgan fingerprint density at radius 3 is 2.78 bits per heavy atom. The number of piperidine rings is 1. The van der Waals surface area contributed by atoms with Gasteiger partial charge in [-0.05, 0) is 51.8 Å². The van der Waals surface area contributed by atoms with Crippen molar-refractivity contribution in [1.82, 2.24) is 20.4 Å². The lowest BCUT2D eigenvalue weighted by molar-refractivity contribution is -0.127. The first-order chi connectivity index (χ1) is 13.1. The summed E-state index contributed by atoms with van der Waals surface area (Å²) in [6.07, 6.45) is 3.88. The highest BCUT2D eigenvalue weighted by atomic mass is 16.5. The smallest absolute Gasteiger partial charge is 0.241 e. The topological polar surface area (TPSA) is 71.3 Å². The maximum Gasteiger partial charge on any atom is 0.241 e. The van der Waals surface area contributed by atoms with Crippen LogP contribution >= 0.6 is 0 Å². The zero-order chi connectivity index (χ0) is 19.2. The minimum atomic E-state index is 0.116. The molecule has 3 rings (SSSR count). The van der Waals surface area contributed by atoms with Crippen LogP contribution in [0.1, 0.15) is 51.0 Å². The first-order valence-corrected chi connectivity index (χ1v) is 9.98. The Balaban J connectivity index is 1.50. The van der Waals surface area contributed by atoms with Crippen LogP contribution in [-0.2, 0) is 11.3 Å². The fourth-order valence-electron chi connectivity index (χ4n) is 3.66. The lowest BCUT2D eigenvalue weighted by atomic mass is 9.95. The number of benzene rings is 1. The molecule has 1 aromatic carbocycles. The maximum absolute atomic E-state index is 12.4. The predicted octanol–water partition coefficient (Wildman–Crippen LogP) is 3.56. The van der Waals surface area contributed by atoms with E-state index in [4.69, 9.17) is 4.52 Å². The molecule has 0 saturated carbocycles. The van der Waals surface area contributed by atoms with Crippen molar-refractivity contribution in [2.75, 3.05) is 13.1 Å². The minimum Gasteiger partial charge on any atom is -0.353 e. The number of amides is 1. The van der Waals surface area contributed by atoms with Gasteiger partial charge in [0.05, 0.1) is 6.54 Å². The van der Waals surface area contributed by atoms with Gasteiger partial charge < -0.3 is 9.84 Å². The molecule has 0 bridgehead atoms. The molecule has 6 heteroatoms. The molecule has 1 aromatic heterocycles. The Labute approximate surface area is 161 Å². The van der Waals surface area contributed by atoms with Crippen LogP contribution in [0.15, 0.2) is 28.8 Å². The van der Waals surface area contributed by atoms with Crippen LogP contribution in [-0.4, -0.2) is 40.1 Å². The molecule has 27 heavy (non-hydrogen) atoms. The van der Waals surface area contributed by atoms with Gasteiger partial charge >= 0.3 is 0 Å². The molecular weight excluding hydrogens is 340 g/mol. The molecule has 1 N–H and O–H groups in total. The number of hydrogen-bond acceptors (Lipinski definition) is 5. The van der Waals surface area contributed by atoms with Crippen molar-refractivity contribution in [3.63, 3.8) is 0 Å². The highest BCUT2D eigenvalue weighted by Crippen LogP contribution is 2.22. The summed E-state index contributed by atoms with van der Waals surface area (Å²) in [5.74, 6) is 1.59. The first kappa shape index (κ1) is 19.5. The standard InChI is InChI=1S/C21H30N4O2/c1-4-7-16(3)22-21(26)17-10-12-25(13-11-17)14-19-23-20(24-27-19)18-9-6-5-8-15(18)2/h5-6,8-9,16-17H,4,7,10-14H2,1-3H3,(H,22,26). The van der Waals surface area contributed by atoms with E-state index in [2.05, 4.69) is 34.2 Å². The first-order valence-electron chi connectivity index (χ1n) is 9.98. The van der Waals surface area contributed by atoms with Crippen molar-refractivity contribution < 1.29 is 9.32 Å². The number of carbonyl (C=O) groups excluding carboxylic acids is 1. The van der Waals surface area contributed by atoms with Crippen LogP contribution < -0.4 is 5.32 Å². The molecule has 1 fully saturated rings. The van der Waals surface area contributed by atoms with Gasteiger partial charge in [0, 0.05) is 17.5 Å². The van der Waals surface area contributed by atoms with E-state index in [1.54, 1.807) is 0 Å². The summed E-state index contributed by atoms with van der Waals surface area (Å²) in [6, 6.07) is 8.30. The number of nitrogens with zero attached hydrogens (tertiary/aromatic N) is 3. The van der Waals surface area contributed by atoms with Gasteiger partial charge in [-0.3, -0.25) is 9.69 Å². The predicted molar refractivity (Wildman–Crippen MR) is 105 cm³/mol. The molecule has 2 aromatic rings. The molecule has 6 nitrogen and oxygen atoms in total. The van der Waals surface area contributed by atoms with Crippen LogP contribution in [0.4, 0.5) is 0 Å². The van der Waals surface area contributed by atoms with Gasteiger partial charge in [0.25, 0.3) is 0 Å². The van der Waals surface area contributed by atoms with Gasteiger partial charge in [-0.25, -0.2) is 0 Å². The van der Waals surface area contributed by atoms with Crippen LogP contribution in [0.2, 0.25) is 0 Å².